The van der Waals surface area contributed by atoms with Crippen molar-refractivity contribution in [2.75, 3.05) is 7.11 Å². The number of pyridine rings is 1. The minimum Gasteiger partial charge on any atom is -0.507 e. The average molecular weight is 429 g/mol. The second-order valence-electron chi connectivity index (χ2n) is 6.05. The van der Waals surface area contributed by atoms with Crippen molar-refractivity contribution in [1.29, 1.82) is 0 Å². The maximum atomic E-state index is 12.9. The summed E-state index contributed by atoms with van der Waals surface area (Å²) in [5.74, 6) is -2.04. The van der Waals surface area contributed by atoms with Crippen molar-refractivity contribution in [2.24, 2.45) is 0 Å². The number of benzene rings is 2. The van der Waals surface area contributed by atoms with Crippen LogP contribution in [0.15, 0.2) is 59.5 Å². The fourth-order valence-electron chi connectivity index (χ4n) is 2.81. The predicted octanol–water partition coefficient (Wildman–Crippen LogP) is 3.12. The van der Waals surface area contributed by atoms with Crippen LogP contribution in [0.25, 0.3) is 5.69 Å². The summed E-state index contributed by atoms with van der Waals surface area (Å²) < 4.78 is 5.40. The van der Waals surface area contributed by atoms with E-state index in [9.17, 15) is 29.6 Å². The van der Waals surface area contributed by atoms with E-state index in [0.717, 1.165) is 30.0 Å². The van der Waals surface area contributed by atoms with E-state index in [1.807, 2.05) is 0 Å². The summed E-state index contributed by atoms with van der Waals surface area (Å²) in [4.78, 5) is 48.6. The van der Waals surface area contributed by atoms with Gasteiger partial charge in [-0.3, -0.25) is 24.3 Å². The second kappa shape index (κ2) is 8.18. The van der Waals surface area contributed by atoms with Gasteiger partial charge in [0.2, 0.25) is 0 Å². The first kappa shape index (κ1) is 20.7. The van der Waals surface area contributed by atoms with Crippen LogP contribution >= 0.6 is 11.6 Å². The number of methoxy groups -OCH3 is 1. The van der Waals surface area contributed by atoms with Crippen LogP contribution in [-0.4, -0.2) is 33.5 Å². The van der Waals surface area contributed by atoms with E-state index < -0.39 is 33.5 Å². The number of rotatable bonds is 5. The molecule has 10 heteroatoms. The van der Waals surface area contributed by atoms with Crippen molar-refractivity contribution in [2.45, 2.75) is 0 Å². The van der Waals surface area contributed by atoms with Gasteiger partial charge in [0.1, 0.15) is 17.0 Å². The summed E-state index contributed by atoms with van der Waals surface area (Å²) in [5.41, 5.74) is -2.40. The molecule has 0 aliphatic heterocycles. The number of nitro benzene ring substituents is 1. The summed E-state index contributed by atoms with van der Waals surface area (Å²) in [6.07, 6.45) is 1.06. The number of aromatic nitrogens is 1. The Hall–Kier alpha value is -3.98. The van der Waals surface area contributed by atoms with Crippen molar-refractivity contribution in [3.05, 3.63) is 96.9 Å². The number of nitrogens with zero attached hydrogens (tertiary/aromatic N) is 2. The molecular formula is C20H13ClN2O7. The van der Waals surface area contributed by atoms with Crippen LogP contribution in [-0.2, 0) is 4.74 Å². The molecule has 1 aromatic heterocycles. The van der Waals surface area contributed by atoms with E-state index in [0.29, 0.717) is 0 Å². The highest BCUT2D eigenvalue weighted by molar-refractivity contribution is 6.30. The number of phenols is 1. The van der Waals surface area contributed by atoms with Gasteiger partial charge in [-0.2, -0.15) is 0 Å². The number of carbonyl (C=O) groups is 2. The fourth-order valence-corrected chi connectivity index (χ4v) is 2.98. The van der Waals surface area contributed by atoms with Gasteiger partial charge >= 0.3 is 5.97 Å². The zero-order chi connectivity index (χ0) is 22.0. The Kier molecular flexibility index (Phi) is 5.65. The summed E-state index contributed by atoms with van der Waals surface area (Å²) in [7, 11) is 1.05. The third-order valence-corrected chi connectivity index (χ3v) is 4.46. The van der Waals surface area contributed by atoms with Crippen molar-refractivity contribution in [3.63, 3.8) is 0 Å². The molecule has 2 aromatic carbocycles. The molecule has 30 heavy (non-hydrogen) atoms. The number of nitro groups is 1. The van der Waals surface area contributed by atoms with Gasteiger partial charge in [0.05, 0.1) is 17.6 Å². The smallest absolute Gasteiger partial charge is 0.343 e. The Morgan fingerprint density at radius 3 is 2.47 bits per heavy atom. The van der Waals surface area contributed by atoms with E-state index in [1.165, 1.54) is 36.4 Å². The zero-order valence-electron chi connectivity index (χ0n) is 15.4. The Bertz CT molecular complexity index is 1250. The number of ether oxygens (including phenoxy) is 1. The maximum absolute atomic E-state index is 12.9. The lowest BCUT2D eigenvalue weighted by atomic mass is 10.0. The Morgan fingerprint density at radius 1 is 1.13 bits per heavy atom. The van der Waals surface area contributed by atoms with Gasteiger partial charge < -0.3 is 9.84 Å². The van der Waals surface area contributed by atoms with Gasteiger partial charge in [-0.05, 0) is 30.3 Å². The molecule has 0 bridgehead atoms. The Balaban J connectivity index is 2.32. The fraction of sp³-hybridized carbons (Fsp3) is 0.0500. The first-order chi connectivity index (χ1) is 14.2. The first-order valence-electron chi connectivity index (χ1n) is 8.36. The number of carbonyl (C=O) groups excluding carboxylic acids is 2. The highest BCUT2D eigenvalue weighted by atomic mass is 35.5. The lowest BCUT2D eigenvalue weighted by molar-refractivity contribution is -0.384. The molecule has 1 N–H and O–H groups in total. The maximum Gasteiger partial charge on any atom is 0.343 e. The van der Waals surface area contributed by atoms with Gasteiger partial charge in [-0.15, -0.1) is 0 Å². The summed E-state index contributed by atoms with van der Waals surface area (Å²) in [6.45, 7) is 0. The molecule has 0 unspecified atom stereocenters. The molecule has 0 aliphatic carbocycles. The number of hydrogen-bond donors (Lipinski definition) is 1. The molecule has 152 valence electrons. The van der Waals surface area contributed by atoms with Crippen LogP contribution in [0.3, 0.4) is 0 Å². The summed E-state index contributed by atoms with van der Waals surface area (Å²) in [5, 5.41) is 21.5. The molecule has 3 rings (SSSR count). The number of halogens is 1. The largest absolute Gasteiger partial charge is 0.507 e. The lowest BCUT2D eigenvalue weighted by Gasteiger charge is -2.12. The van der Waals surface area contributed by atoms with Crippen molar-refractivity contribution in [1.82, 2.24) is 4.57 Å². The number of aromatic hydroxyl groups is 1. The molecule has 0 amide bonds. The van der Waals surface area contributed by atoms with Gasteiger partial charge in [0, 0.05) is 22.8 Å². The number of hydrogen-bond acceptors (Lipinski definition) is 7. The molecule has 0 spiro atoms. The minimum atomic E-state index is -1.03. The van der Waals surface area contributed by atoms with Gasteiger partial charge in [0.25, 0.3) is 11.2 Å². The van der Waals surface area contributed by atoms with Crippen LogP contribution in [0.2, 0.25) is 5.02 Å². The van der Waals surface area contributed by atoms with Crippen LogP contribution in [0.5, 0.6) is 5.75 Å². The SMILES string of the molecule is COC(=O)c1cc(C(=O)c2ccccc2O)cn(-c2ccc(Cl)cc2[N+](=O)[O-])c1=O. The monoisotopic (exact) mass is 428 g/mol. The molecule has 0 aliphatic rings. The normalized spacial score (nSPS) is 10.5. The van der Waals surface area contributed by atoms with E-state index >= 15 is 0 Å². The Morgan fingerprint density at radius 2 is 1.83 bits per heavy atom. The topological polar surface area (TPSA) is 129 Å². The molecule has 3 aromatic rings. The first-order valence-corrected chi connectivity index (χ1v) is 8.74. The van der Waals surface area contributed by atoms with Gasteiger partial charge in [-0.25, -0.2) is 4.79 Å². The molecule has 9 nitrogen and oxygen atoms in total. The van der Waals surface area contributed by atoms with E-state index in [1.54, 1.807) is 0 Å². The van der Waals surface area contributed by atoms with Crippen molar-refractivity contribution >= 4 is 29.0 Å². The Labute approximate surface area is 173 Å². The van der Waals surface area contributed by atoms with E-state index in [2.05, 4.69) is 4.74 Å². The molecule has 0 atom stereocenters. The molecule has 0 radical (unpaired) electrons. The highest BCUT2D eigenvalue weighted by Crippen LogP contribution is 2.27. The molecule has 0 saturated heterocycles. The second-order valence-corrected chi connectivity index (χ2v) is 6.48. The standard InChI is InChI=1S/C20H13ClN2O7/c1-30-20(27)14-8-11(18(25)13-4-2-3-5-17(13)24)10-22(19(14)26)15-7-6-12(21)9-16(15)23(28)29/h2-10,24H,1H3. The number of phenolic OH excluding ortho intramolecular Hbond substituents is 1. The molecule has 1 heterocycles. The summed E-state index contributed by atoms with van der Waals surface area (Å²) >= 11 is 5.82. The number of ketones is 1. The summed E-state index contributed by atoms with van der Waals surface area (Å²) in [6, 6.07) is 10.3. The third kappa shape index (κ3) is 3.78. The molecule has 0 saturated carbocycles. The minimum absolute atomic E-state index is 0.0631. The molecular weight excluding hydrogens is 416 g/mol. The zero-order valence-corrected chi connectivity index (χ0v) is 16.1. The van der Waals surface area contributed by atoms with Crippen LogP contribution in [0.1, 0.15) is 26.3 Å². The van der Waals surface area contributed by atoms with Gasteiger partial charge in [0.15, 0.2) is 5.78 Å². The third-order valence-electron chi connectivity index (χ3n) is 4.23. The number of para-hydroxylation sites is 1. The van der Waals surface area contributed by atoms with Crippen LogP contribution in [0, 0.1) is 10.1 Å². The lowest BCUT2D eigenvalue weighted by Crippen LogP contribution is -2.27. The van der Waals surface area contributed by atoms with Crippen molar-refractivity contribution < 1.29 is 24.4 Å². The highest BCUT2D eigenvalue weighted by Gasteiger charge is 2.24. The quantitative estimate of drug-likeness (QED) is 0.286. The molecule has 0 fully saturated rings. The number of esters is 1. The average Bonchev–Trinajstić information content (AvgIpc) is 2.73. The van der Waals surface area contributed by atoms with E-state index in [4.69, 9.17) is 11.6 Å². The van der Waals surface area contributed by atoms with Crippen LogP contribution < -0.4 is 5.56 Å². The predicted molar refractivity (Wildman–Crippen MR) is 107 cm³/mol. The van der Waals surface area contributed by atoms with Gasteiger partial charge in [-0.1, -0.05) is 23.7 Å². The van der Waals surface area contributed by atoms with Crippen LogP contribution in [0.4, 0.5) is 5.69 Å². The van der Waals surface area contributed by atoms with E-state index in [-0.39, 0.29) is 27.6 Å². The van der Waals surface area contributed by atoms with Crippen molar-refractivity contribution in [3.8, 4) is 11.4 Å².